The molecule has 0 saturated heterocycles. The molecule has 0 aliphatic heterocycles. The Hall–Kier alpha value is -0.650. The van der Waals surface area contributed by atoms with Crippen LogP contribution < -0.4 is 5.73 Å². The van der Waals surface area contributed by atoms with E-state index in [1.165, 1.54) is 0 Å². The Morgan fingerprint density at radius 3 is 2.39 bits per heavy atom. The van der Waals surface area contributed by atoms with Crippen molar-refractivity contribution in [3.63, 3.8) is 0 Å². The molecule has 18 heavy (non-hydrogen) atoms. The van der Waals surface area contributed by atoms with E-state index in [9.17, 15) is 4.79 Å². The van der Waals surface area contributed by atoms with E-state index >= 15 is 0 Å². The topological polar surface area (TPSA) is 64.8 Å². The van der Waals surface area contributed by atoms with E-state index in [0.29, 0.717) is 26.3 Å². The van der Waals surface area contributed by atoms with Gasteiger partial charge in [-0.15, -0.1) is 0 Å². The number of carbonyl (C=O) groups is 1. The summed E-state index contributed by atoms with van der Waals surface area (Å²) in [6.07, 6.45) is 0.728. The van der Waals surface area contributed by atoms with Crippen molar-refractivity contribution in [1.29, 1.82) is 0 Å². The Morgan fingerprint density at radius 1 is 1.39 bits per heavy atom. The molecule has 0 aromatic rings. The number of nitrogens with zero attached hydrogens (tertiary/aromatic N) is 1. The lowest BCUT2D eigenvalue weighted by molar-refractivity contribution is -0.145. The van der Waals surface area contributed by atoms with E-state index < -0.39 is 5.41 Å². The number of ether oxygens (including phenoxy) is 2. The van der Waals surface area contributed by atoms with Crippen LogP contribution in [0.1, 0.15) is 27.2 Å². The van der Waals surface area contributed by atoms with Crippen LogP contribution in [0, 0.1) is 5.41 Å². The van der Waals surface area contributed by atoms with Gasteiger partial charge in [0, 0.05) is 27.3 Å². The van der Waals surface area contributed by atoms with E-state index in [4.69, 9.17) is 15.2 Å². The van der Waals surface area contributed by atoms with Crippen LogP contribution in [0.5, 0.6) is 0 Å². The maximum absolute atomic E-state index is 12.6. The minimum absolute atomic E-state index is 0.0232. The fraction of sp³-hybridized carbons (Fsp3) is 0.923. The molecule has 0 radical (unpaired) electrons. The van der Waals surface area contributed by atoms with Crippen LogP contribution in [0.3, 0.4) is 0 Å². The van der Waals surface area contributed by atoms with Crippen LogP contribution in [-0.2, 0) is 14.3 Å². The van der Waals surface area contributed by atoms with Crippen molar-refractivity contribution in [2.24, 2.45) is 11.1 Å². The van der Waals surface area contributed by atoms with Crippen LogP contribution >= 0.6 is 0 Å². The van der Waals surface area contributed by atoms with Crippen molar-refractivity contribution >= 4 is 5.91 Å². The lowest BCUT2D eigenvalue weighted by Gasteiger charge is -2.36. The lowest BCUT2D eigenvalue weighted by atomic mass is 9.85. The molecule has 1 amide bonds. The fourth-order valence-corrected chi connectivity index (χ4v) is 1.77. The third-order valence-electron chi connectivity index (χ3n) is 3.48. The average molecular weight is 260 g/mol. The highest BCUT2D eigenvalue weighted by Crippen LogP contribution is 2.23. The van der Waals surface area contributed by atoms with Gasteiger partial charge in [-0.05, 0) is 20.3 Å². The molecule has 0 aromatic carbocycles. The minimum Gasteiger partial charge on any atom is -0.383 e. The largest absolute Gasteiger partial charge is 0.383 e. The number of hydrogen-bond acceptors (Lipinski definition) is 4. The molecule has 5 heteroatoms. The predicted octanol–water partition coefficient (Wildman–Crippen LogP) is 0.871. The van der Waals surface area contributed by atoms with Crippen LogP contribution in [0.2, 0.25) is 0 Å². The fourth-order valence-electron chi connectivity index (χ4n) is 1.77. The minimum atomic E-state index is -0.504. The molecule has 0 heterocycles. The Kier molecular flexibility index (Phi) is 8.15. The van der Waals surface area contributed by atoms with Crippen LogP contribution in [0.15, 0.2) is 0 Å². The molecular weight excluding hydrogens is 232 g/mol. The zero-order valence-electron chi connectivity index (χ0n) is 12.4. The summed E-state index contributed by atoms with van der Waals surface area (Å²) in [4.78, 5) is 14.4. The Morgan fingerprint density at radius 2 is 2.00 bits per heavy atom. The zero-order valence-corrected chi connectivity index (χ0v) is 12.4. The van der Waals surface area contributed by atoms with Gasteiger partial charge in [0.15, 0.2) is 0 Å². The Balaban J connectivity index is 4.87. The molecule has 108 valence electrons. The van der Waals surface area contributed by atoms with Crippen molar-refractivity contribution in [3.8, 4) is 0 Å². The molecule has 0 aliphatic carbocycles. The lowest BCUT2D eigenvalue weighted by Crippen LogP contribution is -2.51. The molecule has 2 unspecified atom stereocenters. The standard InChI is InChI=1S/C13H28N2O3/c1-6-13(3,10-14)12(16)15(7-8-17-4)11(2)9-18-5/h11H,6-10,14H2,1-5H3. The van der Waals surface area contributed by atoms with Gasteiger partial charge in [0.05, 0.1) is 24.7 Å². The molecule has 0 spiro atoms. The molecule has 0 aliphatic rings. The van der Waals surface area contributed by atoms with Gasteiger partial charge < -0.3 is 20.1 Å². The highest BCUT2D eigenvalue weighted by molar-refractivity contribution is 5.82. The predicted molar refractivity (Wildman–Crippen MR) is 72.4 cm³/mol. The number of methoxy groups -OCH3 is 2. The highest BCUT2D eigenvalue weighted by atomic mass is 16.5. The first-order chi connectivity index (χ1) is 8.46. The number of rotatable bonds is 9. The van der Waals surface area contributed by atoms with Gasteiger partial charge in [0.2, 0.25) is 5.91 Å². The smallest absolute Gasteiger partial charge is 0.230 e. The van der Waals surface area contributed by atoms with Crippen molar-refractivity contribution in [1.82, 2.24) is 4.90 Å². The first kappa shape index (κ1) is 17.4. The van der Waals surface area contributed by atoms with Gasteiger partial charge in [-0.2, -0.15) is 0 Å². The summed E-state index contributed by atoms with van der Waals surface area (Å²) in [6.45, 7) is 7.82. The first-order valence-corrected chi connectivity index (χ1v) is 6.45. The molecule has 2 N–H and O–H groups in total. The second-order valence-corrected chi connectivity index (χ2v) is 4.91. The van der Waals surface area contributed by atoms with Crippen molar-refractivity contribution in [3.05, 3.63) is 0 Å². The summed E-state index contributed by atoms with van der Waals surface area (Å²) >= 11 is 0. The third kappa shape index (κ3) is 4.55. The number of nitrogens with two attached hydrogens (primary N) is 1. The Labute approximate surface area is 111 Å². The van der Waals surface area contributed by atoms with Gasteiger partial charge in [0.1, 0.15) is 0 Å². The molecule has 0 fully saturated rings. The summed E-state index contributed by atoms with van der Waals surface area (Å²) in [5, 5.41) is 0. The summed E-state index contributed by atoms with van der Waals surface area (Å²) in [6, 6.07) is 0.0232. The van der Waals surface area contributed by atoms with Gasteiger partial charge in [-0.1, -0.05) is 6.92 Å². The Bertz CT molecular complexity index is 242. The average Bonchev–Trinajstić information content (AvgIpc) is 2.38. The molecule has 2 atom stereocenters. The monoisotopic (exact) mass is 260 g/mol. The number of hydrogen-bond donors (Lipinski definition) is 1. The highest BCUT2D eigenvalue weighted by Gasteiger charge is 2.35. The van der Waals surface area contributed by atoms with Crippen LogP contribution in [0.4, 0.5) is 0 Å². The quantitative estimate of drug-likeness (QED) is 0.668. The molecular formula is C13H28N2O3. The van der Waals surface area contributed by atoms with Crippen molar-refractivity contribution in [2.75, 3.05) is 40.5 Å². The van der Waals surface area contributed by atoms with E-state index in [1.807, 2.05) is 25.7 Å². The maximum Gasteiger partial charge on any atom is 0.230 e. The molecule has 5 nitrogen and oxygen atoms in total. The molecule has 0 aromatic heterocycles. The first-order valence-electron chi connectivity index (χ1n) is 6.45. The van der Waals surface area contributed by atoms with Crippen LogP contribution in [0.25, 0.3) is 0 Å². The van der Waals surface area contributed by atoms with Crippen molar-refractivity contribution in [2.45, 2.75) is 33.2 Å². The molecule has 0 saturated carbocycles. The second-order valence-electron chi connectivity index (χ2n) is 4.91. The third-order valence-corrected chi connectivity index (χ3v) is 3.48. The second kappa shape index (κ2) is 8.45. The summed E-state index contributed by atoms with van der Waals surface area (Å²) < 4.78 is 10.2. The van der Waals surface area contributed by atoms with E-state index in [-0.39, 0.29) is 11.9 Å². The van der Waals surface area contributed by atoms with Gasteiger partial charge >= 0.3 is 0 Å². The van der Waals surface area contributed by atoms with Gasteiger partial charge in [-0.25, -0.2) is 0 Å². The zero-order chi connectivity index (χ0) is 14.2. The molecule has 0 rings (SSSR count). The SMILES string of the molecule is CCC(C)(CN)C(=O)N(CCOC)C(C)COC. The molecule has 0 bridgehead atoms. The van der Waals surface area contributed by atoms with E-state index in [1.54, 1.807) is 14.2 Å². The summed E-state index contributed by atoms with van der Waals surface area (Å²) in [5.41, 5.74) is 5.24. The van der Waals surface area contributed by atoms with E-state index in [0.717, 1.165) is 6.42 Å². The van der Waals surface area contributed by atoms with Gasteiger partial charge in [-0.3, -0.25) is 4.79 Å². The van der Waals surface area contributed by atoms with E-state index in [2.05, 4.69) is 0 Å². The summed E-state index contributed by atoms with van der Waals surface area (Å²) in [7, 11) is 3.27. The van der Waals surface area contributed by atoms with Gasteiger partial charge in [0.25, 0.3) is 0 Å². The number of amides is 1. The number of carbonyl (C=O) groups excluding carboxylic acids is 1. The summed E-state index contributed by atoms with van der Waals surface area (Å²) in [5.74, 6) is 0.0779. The normalized spacial score (nSPS) is 16.1. The van der Waals surface area contributed by atoms with Crippen molar-refractivity contribution < 1.29 is 14.3 Å². The van der Waals surface area contributed by atoms with Crippen LogP contribution in [-0.4, -0.2) is 57.4 Å². The maximum atomic E-state index is 12.6.